The Morgan fingerprint density at radius 3 is 2.71 bits per heavy atom. The summed E-state index contributed by atoms with van der Waals surface area (Å²) in [4.78, 5) is 10.8. The predicted octanol–water partition coefficient (Wildman–Crippen LogP) is 0.444. The first-order valence-corrected chi connectivity index (χ1v) is 5.16. The average molecular weight is 201 g/mol. The van der Waals surface area contributed by atoms with Crippen LogP contribution >= 0.6 is 0 Å². The summed E-state index contributed by atoms with van der Waals surface area (Å²) in [7, 11) is 1.38. The molecule has 1 aliphatic carbocycles. The molecule has 1 rings (SSSR count). The molecule has 4 heteroatoms. The molecule has 0 aliphatic heterocycles. The van der Waals surface area contributed by atoms with Crippen LogP contribution in [0.15, 0.2) is 0 Å². The van der Waals surface area contributed by atoms with Gasteiger partial charge in [0.25, 0.3) is 0 Å². The fourth-order valence-corrected chi connectivity index (χ4v) is 1.82. The Morgan fingerprint density at radius 1 is 1.50 bits per heavy atom. The van der Waals surface area contributed by atoms with E-state index in [1.165, 1.54) is 7.11 Å². The quantitative estimate of drug-likeness (QED) is 0.500. The number of rotatable bonds is 5. The van der Waals surface area contributed by atoms with Gasteiger partial charge in [0.05, 0.1) is 19.1 Å². The SMILES string of the molecule is COC(=O)CCNCC1(O)CCCC1. The lowest BCUT2D eigenvalue weighted by atomic mass is 10.0. The highest BCUT2D eigenvalue weighted by atomic mass is 16.5. The molecule has 82 valence electrons. The monoisotopic (exact) mass is 201 g/mol. The number of nitrogens with one attached hydrogen (secondary N) is 1. The maximum absolute atomic E-state index is 10.8. The summed E-state index contributed by atoms with van der Waals surface area (Å²) < 4.78 is 4.51. The summed E-state index contributed by atoms with van der Waals surface area (Å²) >= 11 is 0. The predicted molar refractivity (Wildman–Crippen MR) is 52.9 cm³/mol. The molecule has 0 aromatic rings. The van der Waals surface area contributed by atoms with Gasteiger partial charge < -0.3 is 15.2 Å². The van der Waals surface area contributed by atoms with Gasteiger partial charge in [0.2, 0.25) is 0 Å². The molecule has 0 atom stereocenters. The van der Waals surface area contributed by atoms with Crippen LogP contribution in [0.3, 0.4) is 0 Å². The van der Waals surface area contributed by atoms with Crippen molar-refractivity contribution in [3.8, 4) is 0 Å². The molecule has 4 nitrogen and oxygen atoms in total. The van der Waals surface area contributed by atoms with Crippen molar-refractivity contribution >= 4 is 5.97 Å². The summed E-state index contributed by atoms with van der Waals surface area (Å²) in [6, 6.07) is 0. The van der Waals surface area contributed by atoms with E-state index >= 15 is 0 Å². The van der Waals surface area contributed by atoms with E-state index in [9.17, 15) is 9.90 Å². The van der Waals surface area contributed by atoms with E-state index in [1.54, 1.807) is 0 Å². The summed E-state index contributed by atoms with van der Waals surface area (Å²) in [6.45, 7) is 1.17. The third-order valence-electron chi connectivity index (χ3n) is 2.72. The first kappa shape index (κ1) is 11.5. The molecule has 2 N–H and O–H groups in total. The number of methoxy groups -OCH3 is 1. The first-order chi connectivity index (χ1) is 6.66. The number of hydrogen-bond acceptors (Lipinski definition) is 4. The molecule has 0 aromatic carbocycles. The normalized spacial score (nSPS) is 19.6. The molecule has 0 spiro atoms. The molecule has 1 saturated carbocycles. The Hall–Kier alpha value is -0.610. The van der Waals surface area contributed by atoms with E-state index in [1.807, 2.05) is 0 Å². The molecule has 0 saturated heterocycles. The molecule has 14 heavy (non-hydrogen) atoms. The van der Waals surface area contributed by atoms with Crippen molar-refractivity contribution in [1.82, 2.24) is 5.32 Å². The van der Waals surface area contributed by atoms with E-state index in [0.29, 0.717) is 19.5 Å². The number of esters is 1. The van der Waals surface area contributed by atoms with Gasteiger partial charge in [-0.15, -0.1) is 0 Å². The maximum atomic E-state index is 10.8. The van der Waals surface area contributed by atoms with Gasteiger partial charge in [-0.1, -0.05) is 12.8 Å². The number of ether oxygens (including phenoxy) is 1. The summed E-state index contributed by atoms with van der Waals surface area (Å²) in [6.07, 6.45) is 4.33. The van der Waals surface area contributed by atoms with Crippen molar-refractivity contribution in [1.29, 1.82) is 0 Å². The van der Waals surface area contributed by atoms with Gasteiger partial charge in [0.1, 0.15) is 0 Å². The molecule has 0 bridgehead atoms. The van der Waals surface area contributed by atoms with Gasteiger partial charge in [-0.3, -0.25) is 4.79 Å². The second-order valence-corrected chi connectivity index (χ2v) is 3.93. The minimum atomic E-state index is -0.532. The zero-order chi connectivity index (χ0) is 10.4. The van der Waals surface area contributed by atoms with Crippen LogP contribution in [0.25, 0.3) is 0 Å². The molecule has 0 amide bonds. The summed E-state index contributed by atoms with van der Waals surface area (Å²) in [5.41, 5.74) is -0.532. The van der Waals surface area contributed by atoms with E-state index in [0.717, 1.165) is 25.7 Å². The molecule has 0 unspecified atom stereocenters. The van der Waals surface area contributed by atoms with E-state index in [-0.39, 0.29) is 5.97 Å². The molecule has 0 aromatic heterocycles. The lowest BCUT2D eigenvalue weighted by molar-refractivity contribution is -0.140. The molecular weight excluding hydrogens is 182 g/mol. The third-order valence-corrected chi connectivity index (χ3v) is 2.72. The fraction of sp³-hybridized carbons (Fsp3) is 0.900. The topological polar surface area (TPSA) is 58.6 Å². The number of hydrogen-bond donors (Lipinski definition) is 2. The Labute approximate surface area is 84.6 Å². The van der Waals surface area contributed by atoms with Crippen molar-refractivity contribution in [3.05, 3.63) is 0 Å². The van der Waals surface area contributed by atoms with Crippen LogP contribution in [0.4, 0.5) is 0 Å². The van der Waals surface area contributed by atoms with Crippen LogP contribution in [0, 0.1) is 0 Å². The second-order valence-electron chi connectivity index (χ2n) is 3.93. The standard InChI is InChI=1S/C10H19NO3/c1-14-9(12)4-7-11-8-10(13)5-2-3-6-10/h11,13H,2-8H2,1H3. The van der Waals surface area contributed by atoms with Gasteiger partial charge in [0.15, 0.2) is 0 Å². The Balaban J connectivity index is 2.06. The highest BCUT2D eigenvalue weighted by Gasteiger charge is 2.30. The molecule has 1 fully saturated rings. The summed E-state index contributed by atoms with van der Waals surface area (Å²) in [5.74, 6) is -0.212. The lowest BCUT2D eigenvalue weighted by Gasteiger charge is -2.22. The van der Waals surface area contributed by atoms with E-state index < -0.39 is 5.60 Å². The second kappa shape index (κ2) is 5.32. The molecule has 0 heterocycles. The van der Waals surface area contributed by atoms with E-state index in [2.05, 4.69) is 10.1 Å². The first-order valence-electron chi connectivity index (χ1n) is 5.16. The van der Waals surface area contributed by atoms with Gasteiger partial charge in [-0.05, 0) is 12.8 Å². The van der Waals surface area contributed by atoms with Crippen LogP contribution in [0.5, 0.6) is 0 Å². The summed E-state index contributed by atoms with van der Waals surface area (Å²) in [5, 5.41) is 13.0. The van der Waals surface area contributed by atoms with Gasteiger partial charge in [-0.2, -0.15) is 0 Å². The molecule has 1 aliphatic rings. The van der Waals surface area contributed by atoms with Crippen molar-refractivity contribution in [2.75, 3.05) is 20.2 Å². The Morgan fingerprint density at radius 2 is 2.14 bits per heavy atom. The lowest BCUT2D eigenvalue weighted by Crippen LogP contribution is -2.38. The van der Waals surface area contributed by atoms with Crippen LogP contribution in [-0.2, 0) is 9.53 Å². The number of aliphatic hydroxyl groups is 1. The minimum absolute atomic E-state index is 0.212. The van der Waals surface area contributed by atoms with Crippen LogP contribution in [0.2, 0.25) is 0 Å². The highest BCUT2D eigenvalue weighted by Crippen LogP contribution is 2.28. The van der Waals surface area contributed by atoms with Crippen LogP contribution < -0.4 is 5.32 Å². The Kier molecular flexibility index (Phi) is 4.35. The maximum Gasteiger partial charge on any atom is 0.306 e. The van der Waals surface area contributed by atoms with Crippen molar-refractivity contribution < 1.29 is 14.6 Å². The smallest absolute Gasteiger partial charge is 0.306 e. The average Bonchev–Trinajstić information content (AvgIpc) is 2.60. The van der Waals surface area contributed by atoms with Gasteiger partial charge in [0, 0.05) is 13.1 Å². The number of carbonyl (C=O) groups excluding carboxylic acids is 1. The third kappa shape index (κ3) is 3.64. The number of carbonyl (C=O) groups is 1. The van der Waals surface area contributed by atoms with E-state index in [4.69, 9.17) is 0 Å². The molecule has 0 radical (unpaired) electrons. The van der Waals surface area contributed by atoms with Gasteiger partial charge in [-0.25, -0.2) is 0 Å². The van der Waals surface area contributed by atoms with Crippen molar-refractivity contribution in [3.63, 3.8) is 0 Å². The van der Waals surface area contributed by atoms with Crippen LogP contribution in [-0.4, -0.2) is 36.9 Å². The fourth-order valence-electron chi connectivity index (χ4n) is 1.82. The largest absolute Gasteiger partial charge is 0.469 e. The van der Waals surface area contributed by atoms with Crippen molar-refractivity contribution in [2.24, 2.45) is 0 Å². The zero-order valence-corrected chi connectivity index (χ0v) is 8.71. The van der Waals surface area contributed by atoms with Crippen LogP contribution in [0.1, 0.15) is 32.1 Å². The van der Waals surface area contributed by atoms with Gasteiger partial charge >= 0.3 is 5.97 Å². The minimum Gasteiger partial charge on any atom is -0.469 e. The highest BCUT2D eigenvalue weighted by molar-refractivity contribution is 5.69. The zero-order valence-electron chi connectivity index (χ0n) is 8.71. The Bertz CT molecular complexity index is 188. The van der Waals surface area contributed by atoms with Crippen molar-refractivity contribution in [2.45, 2.75) is 37.7 Å². The molecular formula is C10H19NO3.